The van der Waals surface area contributed by atoms with Crippen LogP contribution in [0, 0.1) is 0 Å². The van der Waals surface area contributed by atoms with Crippen molar-refractivity contribution in [1.82, 2.24) is 9.88 Å². The van der Waals surface area contributed by atoms with Gasteiger partial charge in [-0.3, -0.25) is 9.69 Å². The highest BCUT2D eigenvalue weighted by Crippen LogP contribution is 2.36. The Balaban J connectivity index is 2.01. The SMILES string of the molecule is COc1ccc(-c2c(C(=O)O)c(N)[nH]c(=O)c2C(=O)O)cc1OCCN1CCOCC1. The van der Waals surface area contributed by atoms with Crippen LogP contribution >= 0.6 is 0 Å². The van der Waals surface area contributed by atoms with E-state index in [1.165, 1.54) is 25.3 Å². The highest BCUT2D eigenvalue weighted by Gasteiger charge is 2.27. The quantitative estimate of drug-likeness (QED) is 0.466. The Morgan fingerprint density at radius 2 is 1.84 bits per heavy atom. The minimum absolute atomic E-state index is 0.148. The number of carboxylic acid groups (broad SMARTS) is 2. The number of H-pyrrole nitrogens is 1. The van der Waals surface area contributed by atoms with Crippen molar-refractivity contribution in [3.63, 3.8) is 0 Å². The van der Waals surface area contributed by atoms with E-state index in [0.29, 0.717) is 32.1 Å². The van der Waals surface area contributed by atoms with Gasteiger partial charge in [-0.2, -0.15) is 0 Å². The molecule has 0 radical (unpaired) electrons. The number of pyridine rings is 1. The summed E-state index contributed by atoms with van der Waals surface area (Å²) in [5.74, 6) is -2.85. The van der Waals surface area contributed by atoms with Gasteiger partial charge in [0.05, 0.1) is 20.3 Å². The number of morpholine rings is 1. The van der Waals surface area contributed by atoms with Crippen molar-refractivity contribution in [2.75, 3.05) is 52.3 Å². The van der Waals surface area contributed by atoms with Gasteiger partial charge in [-0.1, -0.05) is 6.07 Å². The minimum Gasteiger partial charge on any atom is -0.493 e. The predicted molar refractivity (Wildman–Crippen MR) is 110 cm³/mol. The van der Waals surface area contributed by atoms with Gasteiger partial charge in [0.2, 0.25) is 0 Å². The van der Waals surface area contributed by atoms with Gasteiger partial charge in [0, 0.05) is 25.2 Å². The van der Waals surface area contributed by atoms with Crippen molar-refractivity contribution in [2.45, 2.75) is 0 Å². The van der Waals surface area contributed by atoms with E-state index < -0.39 is 34.4 Å². The molecule has 1 aromatic heterocycles. The lowest BCUT2D eigenvalue weighted by atomic mass is 9.95. The third kappa shape index (κ3) is 4.78. The Bertz CT molecular complexity index is 1040. The number of nitrogens with one attached hydrogen (secondary N) is 1. The molecule has 31 heavy (non-hydrogen) atoms. The first-order valence-electron chi connectivity index (χ1n) is 9.47. The molecule has 1 aromatic carbocycles. The van der Waals surface area contributed by atoms with E-state index in [-0.39, 0.29) is 16.9 Å². The molecule has 166 valence electrons. The molecule has 11 nitrogen and oxygen atoms in total. The van der Waals surface area contributed by atoms with Crippen LogP contribution in [0.3, 0.4) is 0 Å². The van der Waals surface area contributed by atoms with Crippen molar-refractivity contribution >= 4 is 17.8 Å². The Labute approximate surface area is 177 Å². The summed E-state index contributed by atoms with van der Waals surface area (Å²) in [6.07, 6.45) is 0. The summed E-state index contributed by atoms with van der Waals surface area (Å²) in [4.78, 5) is 40.0. The molecule has 0 amide bonds. The maximum Gasteiger partial charge on any atom is 0.342 e. The first-order chi connectivity index (χ1) is 14.8. The second-order valence-electron chi connectivity index (χ2n) is 6.77. The molecule has 1 aliphatic heterocycles. The highest BCUT2D eigenvalue weighted by atomic mass is 16.5. The average Bonchev–Trinajstić information content (AvgIpc) is 2.73. The first-order valence-corrected chi connectivity index (χ1v) is 9.47. The van der Waals surface area contributed by atoms with Crippen LogP contribution in [0.5, 0.6) is 11.5 Å². The number of aromatic nitrogens is 1. The smallest absolute Gasteiger partial charge is 0.342 e. The summed E-state index contributed by atoms with van der Waals surface area (Å²) in [5, 5.41) is 19.1. The van der Waals surface area contributed by atoms with E-state index in [1.54, 1.807) is 0 Å². The summed E-state index contributed by atoms with van der Waals surface area (Å²) in [6, 6.07) is 4.39. The number of rotatable bonds is 8. The lowest BCUT2D eigenvalue weighted by Gasteiger charge is -2.26. The van der Waals surface area contributed by atoms with Crippen LogP contribution in [0.25, 0.3) is 11.1 Å². The fraction of sp³-hybridized carbons (Fsp3) is 0.350. The van der Waals surface area contributed by atoms with E-state index in [1.807, 2.05) is 0 Å². The normalized spacial score (nSPS) is 14.2. The minimum atomic E-state index is -1.58. The number of anilines is 1. The fourth-order valence-electron chi connectivity index (χ4n) is 3.39. The number of methoxy groups -OCH3 is 1. The number of benzene rings is 1. The van der Waals surface area contributed by atoms with Gasteiger partial charge >= 0.3 is 11.9 Å². The van der Waals surface area contributed by atoms with Crippen LogP contribution in [-0.4, -0.2) is 78.6 Å². The number of ether oxygens (including phenoxy) is 3. The molecular formula is C20H23N3O8. The Morgan fingerprint density at radius 1 is 1.16 bits per heavy atom. The van der Waals surface area contributed by atoms with Gasteiger partial charge in [-0.25, -0.2) is 9.59 Å². The predicted octanol–water partition coefficient (Wildman–Crippen LogP) is 0.740. The van der Waals surface area contributed by atoms with Gasteiger partial charge in [-0.15, -0.1) is 0 Å². The molecule has 0 spiro atoms. The van der Waals surface area contributed by atoms with Crippen molar-refractivity contribution in [3.05, 3.63) is 39.7 Å². The van der Waals surface area contributed by atoms with Gasteiger partial charge in [0.1, 0.15) is 23.6 Å². The summed E-state index contributed by atoms with van der Waals surface area (Å²) >= 11 is 0. The Hall–Kier alpha value is -3.57. The number of aromatic carboxylic acids is 2. The zero-order chi connectivity index (χ0) is 22.5. The molecule has 3 rings (SSSR count). The standard InChI is InChI=1S/C20H23N3O8/c1-29-12-3-2-11(10-13(12)31-9-6-23-4-7-30-8-5-23)14-15(19(25)26)17(21)22-18(24)16(14)20(27)28/h2-3,10H,4-9H2,1H3,(H,25,26)(H,27,28)(H3,21,22,24). The summed E-state index contributed by atoms with van der Waals surface area (Å²) < 4.78 is 16.4. The van der Waals surface area contributed by atoms with Crippen molar-refractivity contribution in [1.29, 1.82) is 0 Å². The Morgan fingerprint density at radius 3 is 2.45 bits per heavy atom. The first kappa shape index (κ1) is 22.1. The molecular weight excluding hydrogens is 410 g/mol. The number of nitrogens with two attached hydrogens (primary N) is 1. The fourth-order valence-corrected chi connectivity index (χ4v) is 3.39. The number of nitrogen functional groups attached to an aromatic ring is 1. The second kappa shape index (κ2) is 9.49. The topological polar surface area (TPSA) is 164 Å². The third-order valence-corrected chi connectivity index (χ3v) is 4.89. The molecule has 0 aliphatic carbocycles. The van der Waals surface area contributed by atoms with Crippen molar-refractivity contribution in [2.24, 2.45) is 0 Å². The zero-order valence-corrected chi connectivity index (χ0v) is 16.8. The molecule has 2 heterocycles. The molecule has 1 aliphatic rings. The van der Waals surface area contributed by atoms with Crippen LogP contribution in [0.4, 0.5) is 5.82 Å². The van der Waals surface area contributed by atoms with Gasteiger partial charge in [0.15, 0.2) is 11.5 Å². The van der Waals surface area contributed by atoms with Gasteiger partial charge in [-0.05, 0) is 17.7 Å². The van der Waals surface area contributed by atoms with E-state index in [2.05, 4.69) is 9.88 Å². The number of nitrogens with zero attached hydrogens (tertiary/aromatic N) is 1. The van der Waals surface area contributed by atoms with Crippen LogP contribution < -0.4 is 20.8 Å². The molecule has 11 heteroatoms. The zero-order valence-electron chi connectivity index (χ0n) is 16.8. The molecule has 1 saturated heterocycles. The Kier molecular flexibility index (Phi) is 6.78. The maximum absolute atomic E-state index is 12.2. The lowest BCUT2D eigenvalue weighted by molar-refractivity contribution is 0.0321. The summed E-state index contributed by atoms with van der Waals surface area (Å²) in [5.41, 5.74) is 3.29. The third-order valence-electron chi connectivity index (χ3n) is 4.89. The molecule has 0 atom stereocenters. The van der Waals surface area contributed by atoms with E-state index in [4.69, 9.17) is 19.9 Å². The number of carbonyl (C=O) groups is 2. The molecule has 1 fully saturated rings. The molecule has 0 saturated carbocycles. The number of hydrogen-bond donors (Lipinski definition) is 4. The van der Waals surface area contributed by atoms with E-state index >= 15 is 0 Å². The number of carboxylic acids is 2. The number of hydrogen-bond acceptors (Lipinski definition) is 8. The maximum atomic E-state index is 12.2. The molecule has 5 N–H and O–H groups in total. The van der Waals surface area contributed by atoms with Crippen LogP contribution in [0.1, 0.15) is 20.7 Å². The van der Waals surface area contributed by atoms with Crippen molar-refractivity contribution < 1.29 is 34.0 Å². The van der Waals surface area contributed by atoms with Gasteiger partial charge in [0.25, 0.3) is 5.56 Å². The van der Waals surface area contributed by atoms with Crippen molar-refractivity contribution in [3.8, 4) is 22.6 Å². The van der Waals surface area contributed by atoms with Crippen LogP contribution in [0.15, 0.2) is 23.0 Å². The highest BCUT2D eigenvalue weighted by molar-refractivity contribution is 6.07. The number of aromatic amines is 1. The van der Waals surface area contributed by atoms with E-state index in [0.717, 1.165) is 13.1 Å². The molecule has 2 aromatic rings. The lowest BCUT2D eigenvalue weighted by Crippen LogP contribution is -2.38. The van der Waals surface area contributed by atoms with Gasteiger partial charge < -0.3 is 35.1 Å². The summed E-state index contributed by atoms with van der Waals surface area (Å²) in [6.45, 7) is 3.83. The average molecular weight is 433 g/mol. The van der Waals surface area contributed by atoms with Crippen LogP contribution in [0.2, 0.25) is 0 Å². The molecule has 0 unspecified atom stereocenters. The van der Waals surface area contributed by atoms with E-state index in [9.17, 15) is 24.6 Å². The van der Waals surface area contributed by atoms with Crippen LogP contribution in [-0.2, 0) is 4.74 Å². The second-order valence-corrected chi connectivity index (χ2v) is 6.77. The molecule has 0 bridgehead atoms. The summed E-state index contributed by atoms with van der Waals surface area (Å²) in [7, 11) is 1.44. The monoisotopic (exact) mass is 433 g/mol. The largest absolute Gasteiger partial charge is 0.493 e.